The summed E-state index contributed by atoms with van der Waals surface area (Å²) >= 11 is 0. The minimum absolute atomic E-state index is 0.242. The summed E-state index contributed by atoms with van der Waals surface area (Å²) in [5.74, 6) is 1.51. The minimum atomic E-state index is 0.242. The average Bonchev–Trinajstić information content (AvgIpc) is 2.98. The molecule has 1 fully saturated rings. The van der Waals surface area contributed by atoms with Crippen molar-refractivity contribution in [2.24, 2.45) is 11.7 Å². The van der Waals surface area contributed by atoms with Gasteiger partial charge in [0.2, 0.25) is 5.95 Å². The van der Waals surface area contributed by atoms with E-state index in [4.69, 9.17) is 5.73 Å². The molecule has 1 saturated heterocycles. The van der Waals surface area contributed by atoms with Crippen LogP contribution in [-0.2, 0) is 0 Å². The summed E-state index contributed by atoms with van der Waals surface area (Å²) in [7, 11) is 0. The number of hydrogen-bond acceptors (Lipinski definition) is 3. The van der Waals surface area contributed by atoms with Crippen molar-refractivity contribution >= 4 is 5.95 Å². The van der Waals surface area contributed by atoms with Crippen molar-refractivity contribution in [1.29, 1.82) is 0 Å². The number of para-hydroxylation sites is 1. The first-order valence-electron chi connectivity index (χ1n) is 6.35. The highest BCUT2D eigenvalue weighted by Gasteiger charge is 2.29. The van der Waals surface area contributed by atoms with Crippen LogP contribution in [0, 0.1) is 5.92 Å². The van der Waals surface area contributed by atoms with Crippen molar-refractivity contribution in [3.05, 3.63) is 42.7 Å². The number of nitrogens with zero attached hydrogens (tertiary/aromatic N) is 3. The Hall–Kier alpha value is -1.81. The SMILES string of the molecule is CC1CN(c2nccn2-c2ccccc2)CC1N. The first-order valence-corrected chi connectivity index (χ1v) is 6.35. The second-order valence-corrected chi connectivity index (χ2v) is 4.98. The monoisotopic (exact) mass is 242 g/mol. The van der Waals surface area contributed by atoms with Gasteiger partial charge in [0.1, 0.15) is 0 Å². The number of rotatable bonds is 2. The molecule has 4 heteroatoms. The van der Waals surface area contributed by atoms with Crippen molar-refractivity contribution in [3.63, 3.8) is 0 Å². The molecule has 0 aliphatic carbocycles. The topological polar surface area (TPSA) is 47.1 Å². The van der Waals surface area contributed by atoms with Gasteiger partial charge in [-0.3, -0.25) is 4.57 Å². The highest BCUT2D eigenvalue weighted by atomic mass is 15.3. The zero-order valence-corrected chi connectivity index (χ0v) is 10.5. The van der Waals surface area contributed by atoms with Crippen molar-refractivity contribution < 1.29 is 0 Å². The molecule has 1 aliphatic rings. The van der Waals surface area contributed by atoms with E-state index in [0.717, 1.165) is 24.7 Å². The molecule has 1 aromatic carbocycles. The molecule has 2 aromatic rings. The van der Waals surface area contributed by atoms with E-state index in [2.05, 4.69) is 33.5 Å². The van der Waals surface area contributed by atoms with Gasteiger partial charge in [-0.05, 0) is 18.1 Å². The highest BCUT2D eigenvalue weighted by Crippen LogP contribution is 2.24. The number of benzene rings is 1. The largest absolute Gasteiger partial charge is 0.340 e. The standard InChI is InChI=1S/C14H18N4/c1-11-9-17(10-13(11)15)14-16-7-8-18(14)12-5-3-2-4-6-12/h2-8,11,13H,9-10,15H2,1H3. The predicted molar refractivity (Wildman–Crippen MR) is 72.9 cm³/mol. The molecule has 4 nitrogen and oxygen atoms in total. The fraction of sp³-hybridized carbons (Fsp3) is 0.357. The molecular weight excluding hydrogens is 224 g/mol. The number of anilines is 1. The Morgan fingerprint density at radius 3 is 2.67 bits per heavy atom. The lowest BCUT2D eigenvalue weighted by atomic mass is 10.1. The second-order valence-electron chi connectivity index (χ2n) is 4.98. The van der Waals surface area contributed by atoms with E-state index in [-0.39, 0.29) is 6.04 Å². The van der Waals surface area contributed by atoms with Gasteiger partial charge in [0.15, 0.2) is 0 Å². The lowest BCUT2D eigenvalue weighted by molar-refractivity contribution is 0.565. The molecule has 2 atom stereocenters. The molecule has 0 amide bonds. The van der Waals surface area contributed by atoms with Gasteiger partial charge in [0.05, 0.1) is 0 Å². The van der Waals surface area contributed by atoms with Crippen LogP contribution in [0.3, 0.4) is 0 Å². The summed E-state index contributed by atoms with van der Waals surface area (Å²) in [6, 6.07) is 10.5. The van der Waals surface area contributed by atoms with E-state index in [1.165, 1.54) is 0 Å². The molecule has 3 rings (SSSR count). The van der Waals surface area contributed by atoms with E-state index in [9.17, 15) is 0 Å². The van der Waals surface area contributed by atoms with Crippen LogP contribution in [0.25, 0.3) is 5.69 Å². The van der Waals surface area contributed by atoms with Crippen molar-refractivity contribution in [2.75, 3.05) is 18.0 Å². The summed E-state index contributed by atoms with van der Waals surface area (Å²) in [5, 5.41) is 0. The summed E-state index contributed by atoms with van der Waals surface area (Å²) in [6.07, 6.45) is 3.84. The van der Waals surface area contributed by atoms with Crippen LogP contribution in [0.15, 0.2) is 42.7 Å². The molecule has 18 heavy (non-hydrogen) atoms. The number of nitrogens with two attached hydrogens (primary N) is 1. The van der Waals surface area contributed by atoms with Gasteiger partial charge in [-0.15, -0.1) is 0 Å². The average molecular weight is 242 g/mol. The summed E-state index contributed by atoms with van der Waals surface area (Å²) in [4.78, 5) is 6.74. The Morgan fingerprint density at radius 1 is 1.22 bits per heavy atom. The number of aromatic nitrogens is 2. The van der Waals surface area contributed by atoms with Gasteiger partial charge in [-0.1, -0.05) is 25.1 Å². The van der Waals surface area contributed by atoms with Crippen LogP contribution in [0.4, 0.5) is 5.95 Å². The highest BCUT2D eigenvalue weighted by molar-refractivity contribution is 5.44. The number of hydrogen-bond donors (Lipinski definition) is 1. The van der Waals surface area contributed by atoms with Gasteiger partial charge in [-0.2, -0.15) is 0 Å². The van der Waals surface area contributed by atoms with E-state index < -0.39 is 0 Å². The minimum Gasteiger partial charge on any atom is -0.340 e. The molecule has 2 heterocycles. The Balaban J connectivity index is 1.93. The predicted octanol–water partition coefficient (Wildman–Crippen LogP) is 1.66. The first-order chi connectivity index (χ1) is 8.75. The Kier molecular flexibility index (Phi) is 2.80. The van der Waals surface area contributed by atoms with Crippen molar-refractivity contribution in [3.8, 4) is 5.69 Å². The van der Waals surface area contributed by atoms with Crippen molar-refractivity contribution in [2.45, 2.75) is 13.0 Å². The maximum absolute atomic E-state index is 6.08. The maximum atomic E-state index is 6.08. The summed E-state index contributed by atoms with van der Waals surface area (Å²) in [6.45, 7) is 4.05. The van der Waals surface area contributed by atoms with Gasteiger partial charge in [0.25, 0.3) is 0 Å². The summed E-state index contributed by atoms with van der Waals surface area (Å²) in [5.41, 5.74) is 7.22. The Labute approximate surface area is 107 Å². The van der Waals surface area contributed by atoms with Crippen LogP contribution in [0.5, 0.6) is 0 Å². The molecule has 0 spiro atoms. The lowest BCUT2D eigenvalue weighted by Gasteiger charge is -2.18. The lowest BCUT2D eigenvalue weighted by Crippen LogP contribution is -2.29. The third-order valence-corrected chi connectivity index (χ3v) is 3.61. The van der Waals surface area contributed by atoms with Gasteiger partial charge >= 0.3 is 0 Å². The molecule has 0 radical (unpaired) electrons. The van der Waals surface area contributed by atoms with Crippen LogP contribution < -0.4 is 10.6 Å². The van der Waals surface area contributed by atoms with E-state index in [1.54, 1.807) is 0 Å². The molecular formula is C14H18N4. The van der Waals surface area contributed by atoms with E-state index in [1.807, 2.05) is 30.6 Å². The van der Waals surface area contributed by atoms with Crippen LogP contribution >= 0.6 is 0 Å². The molecule has 94 valence electrons. The molecule has 2 N–H and O–H groups in total. The van der Waals surface area contributed by atoms with Gasteiger partial charge in [0, 0.05) is 37.2 Å². The third-order valence-electron chi connectivity index (χ3n) is 3.61. The zero-order valence-electron chi connectivity index (χ0n) is 10.5. The van der Waals surface area contributed by atoms with E-state index >= 15 is 0 Å². The summed E-state index contributed by atoms with van der Waals surface area (Å²) < 4.78 is 2.12. The van der Waals surface area contributed by atoms with E-state index in [0.29, 0.717) is 5.92 Å². The smallest absolute Gasteiger partial charge is 0.210 e. The molecule has 0 bridgehead atoms. The maximum Gasteiger partial charge on any atom is 0.210 e. The fourth-order valence-electron chi connectivity index (χ4n) is 2.47. The van der Waals surface area contributed by atoms with Crippen LogP contribution in [0.2, 0.25) is 0 Å². The second kappa shape index (κ2) is 4.46. The first kappa shape index (κ1) is 11.3. The van der Waals surface area contributed by atoms with Gasteiger partial charge < -0.3 is 10.6 Å². The Morgan fingerprint density at radius 2 is 2.00 bits per heavy atom. The van der Waals surface area contributed by atoms with Crippen LogP contribution in [-0.4, -0.2) is 28.7 Å². The molecule has 1 aromatic heterocycles. The molecule has 1 aliphatic heterocycles. The third kappa shape index (κ3) is 1.88. The normalized spacial score (nSPS) is 23.6. The zero-order chi connectivity index (χ0) is 12.5. The molecule has 2 unspecified atom stereocenters. The van der Waals surface area contributed by atoms with Crippen molar-refractivity contribution in [1.82, 2.24) is 9.55 Å². The number of imidazole rings is 1. The fourth-order valence-corrected chi connectivity index (χ4v) is 2.47. The quantitative estimate of drug-likeness (QED) is 0.871. The molecule has 0 saturated carbocycles. The van der Waals surface area contributed by atoms with Crippen LogP contribution in [0.1, 0.15) is 6.92 Å². The van der Waals surface area contributed by atoms with Gasteiger partial charge in [-0.25, -0.2) is 4.98 Å². The Bertz CT molecular complexity index is 510.